The molecule has 2 rings (SSSR count). The molecule has 1 fully saturated rings. The molecule has 0 bridgehead atoms. The van der Waals surface area contributed by atoms with E-state index >= 15 is 0 Å². The molecule has 0 saturated heterocycles. The normalized spacial score (nSPS) is 15.8. The second-order valence-corrected chi connectivity index (χ2v) is 5.32. The van der Waals surface area contributed by atoms with Gasteiger partial charge in [-0.25, -0.2) is 9.97 Å². The van der Waals surface area contributed by atoms with Crippen molar-refractivity contribution in [3.8, 4) is 0 Å². The van der Waals surface area contributed by atoms with Crippen molar-refractivity contribution in [1.82, 2.24) is 9.97 Å². The van der Waals surface area contributed by atoms with Crippen LogP contribution in [0.3, 0.4) is 0 Å². The van der Waals surface area contributed by atoms with E-state index in [2.05, 4.69) is 36.0 Å². The Hall–Kier alpha value is -1.32. The lowest BCUT2D eigenvalue weighted by Gasteiger charge is -2.30. The van der Waals surface area contributed by atoms with Crippen LogP contribution in [0.5, 0.6) is 0 Å². The average Bonchev–Trinajstić information content (AvgIpc) is 2.90. The van der Waals surface area contributed by atoms with Crippen LogP contribution in [0.15, 0.2) is 0 Å². The molecule has 1 aliphatic carbocycles. The number of aromatic nitrogens is 2. The van der Waals surface area contributed by atoms with Crippen LogP contribution >= 0.6 is 0 Å². The summed E-state index contributed by atoms with van der Waals surface area (Å²) in [5.74, 6) is 2.97. The van der Waals surface area contributed by atoms with Gasteiger partial charge >= 0.3 is 0 Å². The summed E-state index contributed by atoms with van der Waals surface area (Å²) in [6, 6.07) is 0.660. The second kappa shape index (κ2) is 6.22. The van der Waals surface area contributed by atoms with E-state index < -0.39 is 0 Å². The highest BCUT2D eigenvalue weighted by Gasteiger charge is 2.24. The van der Waals surface area contributed by atoms with Crippen molar-refractivity contribution in [1.29, 1.82) is 0 Å². The fourth-order valence-electron chi connectivity index (χ4n) is 3.03. The summed E-state index contributed by atoms with van der Waals surface area (Å²) in [5, 5.41) is 3.35. The maximum atomic E-state index is 4.71. The molecule has 1 aromatic rings. The molecule has 19 heavy (non-hydrogen) atoms. The third kappa shape index (κ3) is 2.99. The van der Waals surface area contributed by atoms with Gasteiger partial charge in [-0.3, -0.25) is 0 Å². The first kappa shape index (κ1) is 14.1. The summed E-state index contributed by atoms with van der Waals surface area (Å²) in [5.41, 5.74) is 1.18. The number of nitrogens with one attached hydrogen (secondary N) is 1. The molecule has 106 valence electrons. The molecule has 0 aromatic carbocycles. The fourth-order valence-corrected chi connectivity index (χ4v) is 3.03. The zero-order valence-corrected chi connectivity index (χ0v) is 12.7. The highest BCUT2D eigenvalue weighted by molar-refractivity contribution is 5.59. The average molecular weight is 262 g/mol. The number of rotatable bonds is 5. The molecule has 0 aliphatic heterocycles. The summed E-state index contributed by atoms with van der Waals surface area (Å²) < 4.78 is 0. The Balaban J connectivity index is 2.35. The molecule has 0 atom stereocenters. The molecule has 0 unspecified atom stereocenters. The summed E-state index contributed by atoms with van der Waals surface area (Å²) in [4.78, 5) is 11.7. The Morgan fingerprint density at radius 3 is 2.42 bits per heavy atom. The third-order valence-electron chi connectivity index (χ3n) is 3.95. The van der Waals surface area contributed by atoms with Crippen LogP contribution in [0.4, 0.5) is 11.6 Å². The molecule has 0 amide bonds. The number of hydrogen-bond donors (Lipinski definition) is 1. The Labute approximate surface area is 116 Å². The fraction of sp³-hybridized carbons (Fsp3) is 0.733. The van der Waals surface area contributed by atoms with Gasteiger partial charge in [-0.15, -0.1) is 0 Å². The van der Waals surface area contributed by atoms with E-state index in [9.17, 15) is 0 Å². The molecule has 1 heterocycles. The zero-order valence-electron chi connectivity index (χ0n) is 12.7. The molecule has 0 radical (unpaired) electrons. The van der Waals surface area contributed by atoms with Crippen molar-refractivity contribution in [2.75, 3.05) is 23.3 Å². The number of hydrogen-bond acceptors (Lipinski definition) is 4. The quantitative estimate of drug-likeness (QED) is 0.884. The number of anilines is 2. The van der Waals surface area contributed by atoms with E-state index in [1.165, 1.54) is 31.2 Å². The first-order valence-electron chi connectivity index (χ1n) is 7.53. The van der Waals surface area contributed by atoms with Gasteiger partial charge in [0.25, 0.3) is 0 Å². The van der Waals surface area contributed by atoms with E-state index in [1.54, 1.807) is 0 Å². The summed E-state index contributed by atoms with van der Waals surface area (Å²) in [7, 11) is 0. The topological polar surface area (TPSA) is 41.1 Å². The van der Waals surface area contributed by atoms with Gasteiger partial charge in [0.05, 0.1) is 0 Å². The minimum atomic E-state index is 0.660. The zero-order chi connectivity index (χ0) is 13.8. The Kier molecular flexibility index (Phi) is 4.61. The lowest BCUT2D eigenvalue weighted by atomic mass is 10.2. The minimum absolute atomic E-state index is 0.660. The molecule has 4 nitrogen and oxygen atoms in total. The van der Waals surface area contributed by atoms with Gasteiger partial charge < -0.3 is 10.2 Å². The van der Waals surface area contributed by atoms with Crippen molar-refractivity contribution in [2.24, 2.45) is 0 Å². The van der Waals surface area contributed by atoms with Gasteiger partial charge in [0.15, 0.2) is 0 Å². The molecule has 1 aromatic heterocycles. The number of nitrogens with zero attached hydrogens (tertiary/aromatic N) is 3. The van der Waals surface area contributed by atoms with E-state index in [4.69, 9.17) is 4.98 Å². The Bertz CT molecular complexity index is 424. The SMILES string of the molecule is CCNc1nc(C)nc(N(CC)C2CCCC2)c1C. The molecule has 0 spiro atoms. The summed E-state index contributed by atoms with van der Waals surface area (Å²) >= 11 is 0. The van der Waals surface area contributed by atoms with Crippen LogP contribution in [0.1, 0.15) is 50.9 Å². The van der Waals surface area contributed by atoms with Crippen LogP contribution in [0.25, 0.3) is 0 Å². The van der Waals surface area contributed by atoms with Crippen molar-refractivity contribution in [3.05, 3.63) is 11.4 Å². The van der Waals surface area contributed by atoms with Crippen LogP contribution in [0.2, 0.25) is 0 Å². The summed E-state index contributed by atoms with van der Waals surface area (Å²) in [6.07, 6.45) is 5.30. The van der Waals surface area contributed by atoms with Crippen LogP contribution in [-0.2, 0) is 0 Å². The van der Waals surface area contributed by atoms with Crippen LogP contribution in [-0.4, -0.2) is 29.1 Å². The smallest absolute Gasteiger partial charge is 0.137 e. The summed E-state index contributed by atoms with van der Waals surface area (Å²) in [6.45, 7) is 10.4. The monoisotopic (exact) mass is 262 g/mol. The highest BCUT2D eigenvalue weighted by atomic mass is 15.2. The second-order valence-electron chi connectivity index (χ2n) is 5.32. The maximum Gasteiger partial charge on any atom is 0.137 e. The van der Waals surface area contributed by atoms with Crippen LogP contribution in [0, 0.1) is 13.8 Å². The number of aryl methyl sites for hydroxylation is 1. The Morgan fingerprint density at radius 1 is 1.16 bits per heavy atom. The minimum Gasteiger partial charge on any atom is -0.370 e. The standard InChI is InChI=1S/C15H26N4/c1-5-16-14-11(3)15(18-12(4)17-14)19(6-2)13-9-7-8-10-13/h13H,5-10H2,1-4H3,(H,16,17,18). The lowest BCUT2D eigenvalue weighted by Crippen LogP contribution is -2.34. The highest BCUT2D eigenvalue weighted by Crippen LogP contribution is 2.30. The van der Waals surface area contributed by atoms with Crippen molar-refractivity contribution in [3.63, 3.8) is 0 Å². The largest absolute Gasteiger partial charge is 0.370 e. The van der Waals surface area contributed by atoms with Crippen molar-refractivity contribution >= 4 is 11.6 Å². The lowest BCUT2D eigenvalue weighted by molar-refractivity contribution is 0.610. The molecule has 4 heteroatoms. The molecule has 1 N–H and O–H groups in total. The van der Waals surface area contributed by atoms with E-state index in [1.807, 2.05) is 6.92 Å². The van der Waals surface area contributed by atoms with E-state index in [-0.39, 0.29) is 0 Å². The maximum absolute atomic E-state index is 4.71. The Morgan fingerprint density at radius 2 is 1.84 bits per heavy atom. The van der Waals surface area contributed by atoms with Gasteiger partial charge in [-0.2, -0.15) is 0 Å². The van der Waals surface area contributed by atoms with Gasteiger partial charge in [0.2, 0.25) is 0 Å². The first-order chi connectivity index (χ1) is 9.17. The van der Waals surface area contributed by atoms with Gasteiger partial charge in [0, 0.05) is 24.7 Å². The van der Waals surface area contributed by atoms with Gasteiger partial charge in [-0.1, -0.05) is 12.8 Å². The van der Waals surface area contributed by atoms with E-state index in [0.717, 1.165) is 30.5 Å². The predicted molar refractivity (Wildman–Crippen MR) is 80.9 cm³/mol. The third-order valence-corrected chi connectivity index (χ3v) is 3.95. The van der Waals surface area contributed by atoms with E-state index in [0.29, 0.717) is 6.04 Å². The van der Waals surface area contributed by atoms with Crippen molar-refractivity contribution < 1.29 is 0 Å². The molecular weight excluding hydrogens is 236 g/mol. The van der Waals surface area contributed by atoms with Crippen LogP contribution < -0.4 is 10.2 Å². The molecule has 1 saturated carbocycles. The predicted octanol–water partition coefficient (Wildman–Crippen LogP) is 3.29. The first-order valence-corrected chi connectivity index (χ1v) is 7.53. The molecular formula is C15H26N4. The van der Waals surface area contributed by atoms with Gasteiger partial charge in [-0.05, 0) is 40.5 Å². The van der Waals surface area contributed by atoms with Gasteiger partial charge in [0.1, 0.15) is 17.5 Å². The van der Waals surface area contributed by atoms with Crippen molar-refractivity contribution in [2.45, 2.75) is 59.4 Å². The molecule has 1 aliphatic rings.